The minimum Gasteiger partial charge on any atom is -0.442 e. The number of halogens is 2. The van der Waals surface area contributed by atoms with E-state index < -0.39 is 29.8 Å². The third kappa shape index (κ3) is 7.36. The summed E-state index contributed by atoms with van der Waals surface area (Å²) < 4.78 is 26.1. The third-order valence-electron chi connectivity index (χ3n) is 6.56. The number of ether oxygens (including phenoxy) is 2. The molecular formula is C27H32ClFN4O6S. The van der Waals surface area contributed by atoms with Crippen molar-refractivity contribution in [2.24, 2.45) is 0 Å². The van der Waals surface area contributed by atoms with Crippen molar-refractivity contribution in [3.8, 4) is 0 Å². The van der Waals surface area contributed by atoms with Crippen LogP contribution in [0.25, 0.3) is 0 Å². The van der Waals surface area contributed by atoms with E-state index in [0.717, 1.165) is 40.5 Å². The number of hydrogen-bond donors (Lipinski definition) is 1. The molecule has 4 amide bonds. The zero-order valence-corrected chi connectivity index (χ0v) is 23.8. The predicted octanol–water partition coefficient (Wildman–Crippen LogP) is 4.07. The number of anilines is 2. The Hall–Kier alpha value is -3.06. The molecule has 1 N–H and O–H groups in total. The Balaban J connectivity index is 1.43. The molecule has 2 aromatic rings. The summed E-state index contributed by atoms with van der Waals surface area (Å²) in [5.74, 6) is -1.91. The van der Waals surface area contributed by atoms with Gasteiger partial charge in [0.15, 0.2) is 0 Å². The summed E-state index contributed by atoms with van der Waals surface area (Å²) in [7, 11) is 0. The van der Waals surface area contributed by atoms with Crippen LogP contribution in [0.2, 0.25) is 4.34 Å². The zero-order valence-electron chi connectivity index (χ0n) is 22.2. The maximum absolute atomic E-state index is 15.1. The fourth-order valence-electron chi connectivity index (χ4n) is 4.48. The molecule has 0 saturated carbocycles. The summed E-state index contributed by atoms with van der Waals surface area (Å²) in [6.45, 7) is 3.91. The Bertz CT molecular complexity index is 1240. The van der Waals surface area contributed by atoms with Crippen molar-refractivity contribution in [3.05, 3.63) is 45.4 Å². The monoisotopic (exact) mass is 594 g/mol. The molecular weight excluding hydrogens is 563 g/mol. The van der Waals surface area contributed by atoms with Gasteiger partial charge in [0.05, 0.1) is 34.6 Å². The Morgan fingerprint density at radius 1 is 1.18 bits per heavy atom. The molecule has 2 saturated heterocycles. The molecule has 0 radical (unpaired) electrons. The number of cyclic esters (lactones) is 1. The number of thiophene rings is 1. The number of morpholine rings is 1. The fraction of sp³-hybridized carbons (Fsp3) is 0.481. The van der Waals surface area contributed by atoms with Gasteiger partial charge in [-0.1, -0.05) is 24.9 Å². The lowest BCUT2D eigenvalue weighted by Gasteiger charge is -2.27. The van der Waals surface area contributed by atoms with Crippen molar-refractivity contribution in [2.75, 3.05) is 55.7 Å². The van der Waals surface area contributed by atoms with Crippen LogP contribution >= 0.6 is 22.9 Å². The number of hydrogen-bond acceptors (Lipinski definition) is 8. The molecule has 1 aromatic heterocycles. The van der Waals surface area contributed by atoms with Crippen LogP contribution in [0.4, 0.5) is 20.6 Å². The lowest BCUT2D eigenvalue weighted by molar-refractivity contribution is -0.129. The Kier molecular flexibility index (Phi) is 10.5. The van der Waals surface area contributed by atoms with E-state index in [9.17, 15) is 19.2 Å². The highest BCUT2D eigenvalue weighted by molar-refractivity contribution is 7.18. The smallest absolute Gasteiger partial charge is 0.414 e. The van der Waals surface area contributed by atoms with Gasteiger partial charge < -0.3 is 19.7 Å². The highest BCUT2D eigenvalue weighted by Gasteiger charge is 2.37. The second kappa shape index (κ2) is 14.0. The summed E-state index contributed by atoms with van der Waals surface area (Å²) in [6.07, 6.45) is 1.12. The lowest BCUT2D eigenvalue weighted by atomic mass is 10.2. The summed E-state index contributed by atoms with van der Waals surface area (Å²) in [5, 5.41) is 3.27. The zero-order chi connectivity index (χ0) is 28.6. The molecule has 0 unspecified atom stereocenters. The van der Waals surface area contributed by atoms with E-state index in [0.29, 0.717) is 41.0 Å². The first-order valence-electron chi connectivity index (χ1n) is 13.2. The predicted molar refractivity (Wildman–Crippen MR) is 150 cm³/mol. The number of benzene rings is 1. The summed E-state index contributed by atoms with van der Waals surface area (Å²) in [6, 6.07) is 7.27. The molecule has 3 heterocycles. The van der Waals surface area contributed by atoms with Crippen molar-refractivity contribution < 1.29 is 33.0 Å². The van der Waals surface area contributed by atoms with Gasteiger partial charge in [0.1, 0.15) is 18.5 Å². The summed E-state index contributed by atoms with van der Waals surface area (Å²) in [5.41, 5.74) is 0.337. The van der Waals surface area contributed by atoms with E-state index in [4.69, 9.17) is 21.1 Å². The van der Waals surface area contributed by atoms with Gasteiger partial charge in [0.2, 0.25) is 5.91 Å². The number of nitrogens with zero attached hydrogens (tertiary/aromatic N) is 3. The van der Waals surface area contributed by atoms with Crippen LogP contribution in [0.1, 0.15) is 42.3 Å². The van der Waals surface area contributed by atoms with Crippen LogP contribution in [0.5, 0.6) is 0 Å². The molecule has 40 heavy (non-hydrogen) atoms. The van der Waals surface area contributed by atoms with Crippen molar-refractivity contribution in [1.29, 1.82) is 0 Å². The van der Waals surface area contributed by atoms with E-state index in [-0.39, 0.29) is 37.7 Å². The number of unbranched alkanes of at least 4 members (excludes halogenated alkanes) is 1. The largest absolute Gasteiger partial charge is 0.442 e. The van der Waals surface area contributed by atoms with Crippen LogP contribution in [-0.2, 0) is 19.1 Å². The molecule has 0 bridgehead atoms. The Morgan fingerprint density at radius 2 is 1.98 bits per heavy atom. The van der Waals surface area contributed by atoms with E-state index in [1.807, 2.05) is 0 Å². The molecule has 10 nitrogen and oxygen atoms in total. The maximum Gasteiger partial charge on any atom is 0.414 e. The lowest BCUT2D eigenvalue weighted by Crippen LogP contribution is -2.43. The van der Waals surface area contributed by atoms with Crippen LogP contribution in [0.15, 0.2) is 30.3 Å². The molecule has 0 spiro atoms. The second-order valence-electron chi connectivity index (χ2n) is 9.47. The highest BCUT2D eigenvalue weighted by Crippen LogP contribution is 2.30. The topological polar surface area (TPSA) is 108 Å². The maximum atomic E-state index is 15.1. The van der Waals surface area contributed by atoms with Crippen molar-refractivity contribution in [2.45, 2.75) is 38.7 Å². The van der Waals surface area contributed by atoms with E-state index in [1.165, 1.54) is 17.0 Å². The first-order valence-corrected chi connectivity index (χ1v) is 14.4. The molecule has 13 heteroatoms. The number of nitrogens with one attached hydrogen (secondary N) is 1. The standard InChI is InChI=1S/C27H32ClFN4O6S/c1-2-3-10-30-11-4-5-24(34)33(26(36)22-8-9-23(28)40-22)16-19-15-32(27(37)39-19)21-7-6-18(14-20(21)29)31-12-13-38-17-25(31)35/h6-9,14,19,30H,2-5,10-13,15-17H2,1H3/t19-/m1/s1. The van der Waals surface area contributed by atoms with E-state index >= 15 is 4.39 Å². The van der Waals surface area contributed by atoms with Crippen LogP contribution in [0, 0.1) is 5.82 Å². The van der Waals surface area contributed by atoms with Gasteiger partial charge in [-0.05, 0) is 56.3 Å². The average molecular weight is 595 g/mol. The minimum atomic E-state index is -0.863. The van der Waals surface area contributed by atoms with E-state index in [1.54, 1.807) is 18.2 Å². The van der Waals surface area contributed by atoms with Gasteiger partial charge >= 0.3 is 6.09 Å². The second-order valence-corrected chi connectivity index (χ2v) is 11.2. The van der Waals surface area contributed by atoms with Gasteiger partial charge in [0.25, 0.3) is 11.8 Å². The average Bonchev–Trinajstić information content (AvgIpc) is 3.54. The molecule has 0 aliphatic carbocycles. The third-order valence-corrected chi connectivity index (χ3v) is 7.78. The molecule has 4 rings (SSSR count). The number of carbonyl (C=O) groups is 4. The molecule has 2 aliphatic heterocycles. The van der Waals surface area contributed by atoms with Crippen LogP contribution < -0.4 is 15.1 Å². The summed E-state index contributed by atoms with van der Waals surface area (Å²) >= 11 is 7.06. The number of rotatable bonds is 12. The first kappa shape index (κ1) is 29.9. The molecule has 2 fully saturated rings. The van der Waals surface area contributed by atoms with Crippen LogP contribution in [-0.4, -0.2) is 80.8 Å². The van der Waals surface area contributed by atoms with Crippen molar-refractivity contribution in [1.82, 2.24) is 10.2 Å². The van der Waals surface area contributed by atoms with Gasteiger partial charge in [-0.3, -0.25) is 24.2 Å². The van der Waals surface area contributed by atoms with Crippen LogP contribution in [0.3, 0.4) is 0 Å². The number of carbonyl (C=O) groups excluding carboxylic acids is 4. The summed E-state index contributed by atoms with van der Waals surface area (Å²) in [4.78, 5) is 55.1. The van der Waals surface area contributed by atoms with E-state index in [2.05, 4.69) is 12.2 Å². The highest BCUT2D eigenvalue weighted by atomic mass is 35.5. The first-order chi connectivity index (χ1) is 19.3. The normalized spacial score (nSPS) is 17.3. The Labute approximate surface area is 240 Å². The van der Waals surface area contributed by atoms with Gasteiger partial charge in [-0.25, -0.2) is 9.18 Å². The quantitative estimate of drug-likeness (QED) is 0.369. The molecule has 2 aliphatic rings. The molecule has 216 valence electrons. The van der Waals surface area contributed by atoms with Crippen molar-refractivity contribution in [3.63, 3.8) is 0 Å². The van der Waals surface area contributed by atoms with Gasteiger partial charge in [-0.2, -0.15) is 0 Å². The SMILES string of the molecule is CCCCNCCCC(=O)N(C[C@H]1CN(c2ccc(N3CCOCC3=O)cc2F)C(=O)O1)C(=O)c1ccc(Cl)s1. The number of imide groups is 1. The molecule has 1 aromatic carbocycles. The number of amides is 4. The van der Waals surface area contributed by atoms with Crippen molar-refractivity contribution >= 4 is 58.1 Å². The van der Waals surface area contributed by atoms with Gasteiger partial charge in [-0.15, -0.1) is 11.3 Å². The minimum absolute atomic E-state index is 0.0237. The molecule has 1 atom stereocenters. The fourth-order valence-corrected chi connectivity index (χ4v) is 5.47. The van der Waals surface area contributed by atoms with Gasteiger partial charge in [0, 0.05) is 18.7 Å². The Morgan fingerprint density at radius 3 is 2.67 bits per heavy atom.